The monoisotopic (exact) mass is 311 g/mol. The van der Waals surface area contributed by atoms with Crippen LogP contribution in [0, 0.1) is 6.92 Å². The van der Waals surface area contributed by atoms with Gasteiger partial charge in [-0.1, -0.05) is 6.92 Å². The Labute approximate surface area is 113 Å². The largest absolute Gasteiger partial charge is 0.320 e. The van der Waals surface area contributed by atoms with E-state index in [0.29, 0.717) is 0 Å². The summed E-state index contributed by atoms with van der Waals surface area (Å²) >= 11 is 5.18. The molecule has 0 fully saturated rings. The molecule has 0 saturated heterocycles. The van der Waals surface area contributed by atoms with Gasteiger partial charge in [0.2, 0.25) is 0 Å². The van der Waals surface area contributed by atoms with Crippen molar-refractivity contribution in [2.24, 2.45) is 5.73 Å². The van der Waals surface area contributed by atoms with Crippen LogP contribution in [0.2, 0.25) is 0 Å². The van der Waals surface area contributed by atoms with Crippen molar-refractivity contribution in [3.8, 4) is 0 Å². The molecule has 2 aromatic rings. The second-order valence-corrected chi connectivity index (χ2v) is 5.65. The highest BCUT2D eigenvalue weighted by Crippen LogP contribution is 2.32. The molecule has 2 N–H and O–H groups in total. The zero-order valence-electron chi connectivity index (χ0n) is 9.77. The summed E-state index contributed by atoms with van der Waals surface area (Å²) in [5.74, 6) is 0. The zero-order chi connectivity index (χ0) is 12.4. The number of thiophene rings is 1. The van der Waals surface area contributed by atoms with Gasteiger partial charge in [0.15, 0.2) is 0 Å². The number of nitrogens with zero attached hydrogens (tertiary/aromatic N) is 2. The highest BCUT2D eigenvalue weighted by Gasteiger charge is 2.17. The molecule has 0 bridgehead atoms. The molecule has 17 heavy (non-hydrogen) atoms. The lowest BCUT2D eigenvalue weighted by Crippen LogP contribution is -2.15. The van der Waals surface area contributed by atoms with Crippen LogP contribution in [-0.2, 0) is 6.42 Å². The Hall–Kier alpha value is -0.780. The molecule has 2 rings (SSSR count). The van der Waals surface area contributed by atoms with Crippen molar-refractivity contribution in [2.45, 2.75) is 26.3 Å². The van der Waals surface area contributed by atoms with Crippen molar-refractivity contribution in [1.29, 1.82) is 0 Å². The second kappa shape index (κ2) is 5.25. The van der Waals surface area contributed by atoms with E-state index < -0.39 is 0 Å². The van der Waals surface area contributed by atoms with Gasteiger partial charge in [0.25, 0.3) is 0 Å². The average Bonchev–Trinajstić information content (AvgIpc) is 2.74. The molecule has 0 spiro atoms. The molecule has 2 aromatic heterocycles. The number of hydrogen-bond donors (Lipinski definition) is 1. The van der Waals surface area contributed by atoms with Crippen molar-refractivity contribution >= 4 is 27.3 Å². The van der Waals surface area contributed by atoms with Crippen molar-refractivity contribution in [1.82, 2.24) is 10.2 Å². The topological polar surface area (TPSA) is 51.8 Å². The summed E-state index contributed by atoms with van der Waals surface area (Å²) < 4.78 is 1.06. The van der Waals surface area contributed by atoms with E-state index in [9.17, 15) is 0 Å². The fourth-order valence-corrected chi connectivity index (χ4v) is 3.39. The molecule has 5 heteroatoms. The molecule has 0 aliphatic rings. The van der Waals surface area contributed by atoms with Crippen LogP contribution < -0.4 is 5.73 Å². The van der Waals surface area contributed by atoms with E-state index in [1.54, 1.807) is 11.3 Å². The first kappa shape index (κ1) is 12.7. The van der Waals surface area contributed by atoms with E-state index in [1.165, 1.54) is 0 Å². The molecule has 90 valence electrons. The van der Waals surface area contributed by atoms with Gasteiger partial charge in [0.05, 0.1) is 17.4 Å². The minimum atomic E-state index is -0.131. The molecule has 0 aromatic carbocycles. The maximum atomic E-state index is 6.32. The van der Waals surface area contributed by atoms with Crippen LogP contribution in [0.3, 0.4) is 0 Å². The van der Waals surface area contributed by atoms with Gasteiger partial charge in [-0.05, 0) is 52.4 Å². The van der Waals surface area contributed by atoms with Crippen molar-refractivity contribution in [2.75, 3.05) is 0 Å². The van der Waals surface area contributed by atoms with Gasteiger partial charge >= 0.3 is 0 Å². The predicted octanol–water partition coefficient (Wildman–Crippen LogP) is 3.22. The maximum absolute atomic E-state index is 6.32. The zero-order valence-corrected chi connectivity index (χ0v) is 12.2. The number of nitrogens with two attached hydrogens (primary N) is 1. The van der Waals surface area contributed by atoms with E-state index in [4.69, 9.17) is 5.73 Å². The molecule has 1 unspecified atom stereocenters. The molecule has 0 saturated carbocycles. The van der Waals surface area contributed by atoms with Gasteiger partial charge in [-0.15, -0.1) is 11.3 Å². The summed E-state index contributed by atoms with van der Waals surface area (Å²) in [5.41, 5.74) is 9.27. The third-order valence-electron chi connectivity index (χ3n) is 2.62. The lowest BCUT2D eigenvalue weighted by Gasteiger charge is -2.14. The molecular weight excluding hydrogens is 298 g/mol. The molecule has 0 aliphatic heterocycles. The number of aryl methyl sites for hydroxylation is 2. The number of rotatable bonds is 3. The molecule has 1 atom stereocenters. The third kappa shape index (κ3) is 2.56. The molecule has 0 amide bonds. The van der Waals surface area contributed by atoms with Crippen LogP contribution in [0.5, 0.6) is 0 Å². The van der Waals surface area contributed by atoms with Gasteiger partial charge in [-0.3, -0.25) is 0 Å². The SMILES string of the molecule is CCc1nnc(C)cc1C(N)c1sccc1Br. The van der Waals surface area contributed by atoms with Gasteiger partial charge in [-0.25, -0.2) is 0 Å². The molecule has 0 aliphatic carbocycles. The Bertz CT molecular complexity index is 524. The minimum absolute atomic E-state index is 0.131. The normalized spacial score (nSPS) is 12.7. The lowest BCUT2D eigenvalue weighted by molar-refractivity contribution is 0.797. The first-order valence-corrected chi connectivity index (χ1v) is 7.12. The van der Waals surface area contributed by atoms with Crippen molar-refractivity contribution in [3.63, 3.8) is 0 Å². The van der Waals surface area contributed by atoms with E-state index in [0.717, 1.165) is 32.7 Å². The Kier molecular flexibility index (Phi) is 3.91. The first-order valence-electron chi connectivity index (χ1n) is 5.45. The summed E-state index contributed by atoms with van der Waals surface area (Å²) in [6, 6.07) is 3.92. The lowest BCUT2D eigenvalue weighted by atomic mass is 10.0. The van der Waals surface area contributed by atoms with Gasteiger partial charge < -0.3 is 5.73 Å². The van der Waals surface area contributed by atoms with Crippen LogP contribution in [0.4, 0.5) is 0 Å². The molecule has 3 nitrogen and oxygen atoms in total. The smallest absolute Gasteiger partial charge is 0.0679 e. The summed E-state index contributed by atoms with van der Waals surface area (Å²) in [6.07, 6.45) is 0.847. The predicted molar refractivity (Wildman–Crippen MR) is 74.2 cm³/mol. The summed E-state index contributed by atoms with van der Waals surface area (Å²) in [4.78, 5) is 1.13. The molecule has 2 heterocycles. The number of aromatic nitrogens is 2. The van der Waals surface area contributed by atoms with Gasteiger partial charge in [-0.2, -0.15) is 10.2 Å². The Morgan fingerprint density at radius 3 is 2.82 bits per heavy atom. The summed E-state index contributed by atoms with van der Waals surface area (Å²) in [6.45, 7) is 4.01. The Morgan fingerprint density at radius 2 is 2.24 bits per heavy atom. The van der Waals surface area contributed by atoms with E-state index in [2.05, 4.69) is 33.1 Å². The van der Waals surface area contributed by atoms with E-state index in [-0.39, 0.29) is 6.04 Å². The summed E-state index contributed by atoms with van der Waals surface area (Å²) in [5, 5.41) is 10.3. The standard InChI is InChI=1S/C12H14BrN3S/c1-3-10-8(6-7(2)15-16-10)11(14)12-9(13)4-5-17-12/h4-6,11H,3,14H2,1-2H3. The maximum Gasteiger partial charge on any atom is 0.0679 e. The van der Waals surface area contributed by atoms with Crippen LogP contribution in [0.15, 0.2) is 22.0 Å². The van der Waals surface area contributed by atoms with Crippen molar-refractivity contribution in [3.05, 3.63) is 43.8 Å². The summed E-state index contributed by atoms with van der Waals surface area (Å²) in [7, 11) is 0. The van der Waals surface area contributed by atoms with E-state index >= 15 is 0 Å². The number of hydrogen-bond acceptors (Lipinski definition) is 4. The van der Waals surface area contributed by atoms with Crippen LogP contribution in [0.1, 0.15) is 34.8 Å². The second-order valence-electron chi connectivity index (χ2n) is 3.85. The number of halogens is 1. The Balaban J connectivity index is 2.46. The minimum Gasteiger partial charge on any atom is -0.320 e. The average molecular weight is 312 g/mol. The van der Waals surface area contributed by atoms with Gasteiger partial charge in [0, 0.05) is 9.35 Å². The first-order chi connectivity index (χ1) is 8.13. The third-order valence-corrected chi connectivity index (χ3v) is 4.58. The highest BCUT2D eigenvalue weighted by molar-refractivity contribution is 9.10. The quantitative estimate of drug-likeness (QED) is 0.947. The van der Waals surface area contributed by atoms with Crippen LogP contribution in [-0.4, -0.2) is 10.2 Å². The van der Waals surface area contributed by atoms with Crippen LogP contribution in [0.25, 0.3) is 0 Å². The molecular formula is C12H14BrN3S. The highest BCUT2D eigenvalue weighted by atomic mass is 79.9. The fourth-order valence-electron chi connectivity index (χ4n) is 1.75. The van der Waals surface area contributed by atoms with Crippen molar-refractivity contribution < 1.29 is 0 Å². The van der Waals surface area contributed by atoms with Gasteiger partial charge in [0.1, 0.15) is 0 Å². The Morgan fingerprint density at radius 1 is 1.47 bits per heavy atom. The fraction of sp³-hybridized carbons (Fsp3) is 0.333. The molecule has 0 radical (unpaired) electrons. The van der Waals surface area contributed by atoms with E-state index in [1.807, 2.05) is 24.4 Å². The van der Waals surface area contributed by atoms with Crippen LogP contribution >= 0.6 is 27.3 Å².